The maximum absolute atomic E-state index is 13.1. The predicted octanol–water partition coefficient (Wildman–Crippen LogP) is 2.66. The van der Waals surface area contributed by atoms with E-state index < -0.39 is 6.17 Å². The Balaban J connectivity index is 1.81. The van der Waals surface area contributed by atoms with Crippen LogP contribution in [0.15, 0.2) is 30.3 Å². The lowest BCUT2D eigenvalue weighted by atomic mass is 9.95. The minimum atomic E-state index is -1.32. The van der Waals surface area contributed by atoms with Gasteiger partial charge in [0.2, 0.25) is 0 Å². The molecule has 86 valence electrons. The minimum absolute atomic E-state index is 0.118. The molecule has 0 aromatic heterocycles. The van der Waals surface area contributed by atoms with Crippen LogP contribution in [-0.4, -0.2) is 18.1 Å². The van der Waals surface area contributed by atoms with Crippen molar-refractivity contribution in [1.82, 2.24) is 0 Å². The molecule has 0 radical (unpaired) electrons. The molecule has 0 heterocycles. The number of rotatable bonds is 3. The standard InChI is InChI=1S/C13H15FO2/c14-12-8-11(6-7-13(12)15)16-9-10-4-2-1-3-5-10/h1-5,11-12H,6-9H2. The van der Waals surface area contributed by atoms with Crippen molar-refractivity contribution >= 4 is 5.78 Å². The van der Waals surface area contributed by atoms with E-state index in [1.807, 2.05) is 30.3 Å². The van der Waals surface area contributed by atoms with Crippen molar-refractivity contribution in [3.63, 3.8) is 0 Å². The molecule has 0 aliphatic heterocycles. The van der Waals surface area contributed by atoms with E-state index in [1.54, 1.807) is 0 Å². The number of benzene rings is 1. The van der Waals surface area contributed by atoms with Gasteiger partial charge in [-0.2, -0.15) is 0 Å². The fourth-order valence-corrected chi connectivity index (χ4v) is 1.88. The number of ketones is 1. The van der Waals surface area contributed by atoms with Crippen LogP contribution in [0.25, 0.3) is 0 Å². The van der Waals surface area contributed by atoms with Gasteiger partial charge in [-0.3, -0.25) is 4.79 Å². The van der Waals surface area contributed by atoms with Gasteiger partial charge < -0.3 is 4.74 Å². The summed E-state index contributed by atoms with van der Waals surface area (Å²) in [5.41, 5.74) is 1.08. The number of carbonyl (C=O) groups excluding carboxylic acids is 1. The SMILES string of the molecule is O=C1CCC(OCc2ccccc2)CC1F. The topological polar surface area (TPSA) is 26.3 Å². The second kappa shape index (κ2) is 5.21. The zero-order valence-corrected chi connectivity index (χ0v) is 9.06. The van der Waals surface area contributed by atoms with E-state index in [4.69, 9.17) is 4.74 Å². The first-order valence-electron chi connectivity index (χ1n) is 5.58. The first-order valence-corrected chi connectivity index (χ1v) is 5.58. The molecular weight excluding hydrogens is 207 g/mol. The molecule has 1 aromatic rings. The van der Waals surface area contributed by atoms with Crippen LogP contribution in [0.4, 0.5) is 4.39 Å². The second-order valence-corrected chi connectivity index (χ2v) is 4.13. The Hall–Kier alpha value is -1.22. The van der Waals surface area contributed by atoms with Gasteiger partial charge in [0.15, 0.2) is 12.0 Å². The van der Waals surface area contributed by atoms with Crippen LogP contribution in [0.1, 0.15) is 24.8 Å². The third-order valence-electron chi connectivity index (χ3n) is 2.86. The third kappa shape index (κ3) is 2.89. The first kappa shape index (κ1) is 11.3. The molecule has 2 atom stereocenters. The van der Waals surface area contributed by atoms with Crippen molar-refractivity contribution in [3.8, 4) is 0 Å². The molecule has 1 fully saturated rings. The van der Waals surface area contributed by atoms with Crippen LogP contribution >= 0.6 is 0 Å². The van der Waals surface area contributed by atoms with Gasteiger partial charge in [-0.05, 0) is 12.0 Å². The summed E-state index contributed by atoms with van der Waals surface area (Å²) in [5.74, 6) is -0.278. The number of hydrogen-bond acceptors (Lipinski definition) is 2. The summed E-state index contributed by atoms with van der Waals surface area (Å²) in [5, 5.41) is 0. The highest BCUT2D eigenvalue weighted by atomic mass is 19.1. The van der Waals surface area contributed by atoms with E-state index in [-0.39, 0.29) is 18.3 Å². The number of halogens is 1. The smallest absolute Gasteiger partial charge is 0.167 e. The molecule has 0 bridgehead atoms. The molecule has 1 aliphatic carbocycles. The van der Waals surface area contributed by atoms with Crippen molar-refractivity contribution in [2.45, 2.75) is 38.1 Å². The monoisotopic (exact) mass is 222 g/mol. The van der Waals surface area contributed by atoms with Crippen LogP contribution in [0.5, 0.6) is 0 Å². The zero-order valence-electron chi connectivity index (χ0n) is 9.06. The maximum Gasteiger partial charge on any atom is 0.167 e. The molecule has 0 saturated heterocycles. The van der Waals surface area contributed by atoms with Crippen LogP contribution in [0.3, 0.4) is 0 Å². The van der Waals surface area contributed by atoms with E-state index in [9.17, 15) is 9.18 Å². The normalized spacial score (nSPS) is 25.7. The molecule has 1 aliphatic rings. The minimum Gasteiger partial charge on any atom is -0.373 e. The van der Waals surface area contributed by atoms with Crippen LogP contribution < -0.4 is 0 Å². The van der Waals surface area contributed by atoms with Gasteiger partial charge in [-0.25, -0.2) is 4.39 Å². The largest absolute Gasteiger partial charge is 0.373 e. The van der Waals surface area contributed by atoms with E-state index in [0.29, 0.717) is 19.4 Å². The lowest BCUT2D eigenvalue weighted by Gasteiger charge is -2.23. The van der Waals surface area contributed by atoms with Crippen LogP contribution in [0, 0.1) is 0 Å². The summed E-state index contributed by atoms with van der Waals surface area (Å²) in [7, 11) is 0. The maximum atomic E-state index is 13.1. The molecule has 1 aromatic carbocycles. The van der Waals surface area contributed by atoms with Gasteiger partial charge in [0.1, 0.15) is 0 Å². The highest BCUT2D eigenvalue weighted by Crippen LogP contribution is 2.21. The molecule has 0 amide bonds. The molecule has 0 spiro atoms. The predicted molar refractivity (Wildman–Crippen MR) is 58.8 cm³/mol. The average Bonchev–Trinajstić information content (AvgIpc) is 2.32. The lowest BCUT2D eigenvalue weighted by Crippen LogP contribution is -2.30. The summed E-state index contributed by atoms with van der Waals surface area (Å²) in [4.78, 5) is 11.0. The van der Waals surface area contributed by atoms with E-state index in [0.717, 1.165) is 5.56 Å². The number of alkyl halides is 1. The fourth-order valence-electron chi connectivity index (χ4n) is 1.88. The van der Waals surface area contributed by atoms with E-state index >= 15 is 0 Å². The van der Waals surface area contributed by atoms with E-state index in [2.05, 4.69) is 0 Å². The van der Waals surface area contributed by atoms with Crippen LogP contribution in [0.2, 0.25) is 0 Å². The Kier molecular flexibility index (Phi) is 3.67. The van der Waals surface area contributed by atoms with Crippen LogP contribution in [-0.2, 0) is 16.1 Å². The molecule has 2 nitrogen and oxygen atoms in total. The van der Waals surface area contributed by atoms with Gasteiger partial charge in [0.25, 0.3) is 0 Å². The molecule has 2 rings (SSSR count). The van der Waals surface area contributed by atoms with Crippen molar-refractivity contribution < 1.29 is 13.9 Å². The van der Waals surface area contributed by atoms with Gasteiger partial charge in [0.05, 0.1) is 12.7 Å². The summed E-state index contributed by atoms with van der Waals surface area (Å²) in [6, 6.07) is 9.78. The van der Waals surface area contributed by atoms with E-state index in [1.165, 1.54) is 0 Å². The second-order valence-electron chi connectivity index (χ2n) is 4.13. The molecule has 16 heavy (non-hydrogen) atoms. The molecule has 2 unspecified atom stereocenters. The molecule has 0 N–H and O–H groups in total. The Morgan fingerprint density at radius 3 is 2.75 bits per heavy atom. The average molecular weight is 222 g/mol. The van der Waals surface area contributed by atoms with Crippen molar-refractivity contribution in [3.05, 3.63) is 35.9 Å². The Morgan fingerprint density at radius 2 is 2.06 bits per heavy atom. The lowest BCUT2D eigenvalue weighted by molar-refractivity contribution is -0.129. The van der Waals surface area contributed by atoms with Crippen molar-refractivity contribution in [2.75, 3.05) is 0 Å². The van der Waals surface area contributed by atoms with Gasteiger partial charge in [-0.1, -0.05) is 30.3 Å². The van der Waals surface area contributed by atoms with Gasteiger partial charge >= 0.3 is 0 Å². The summed E-state index contributed by atoms with van der Waals surface area (Å²) < 4.78 is 18.7. The quantitative estimate of drug-likeness (QED) is 0.786. The highest BCUT2D eigenvalue weighted by Gasteiger charge is 2.28. The highest BCUT2D eigenvalue weighted by molar-refractivity contribution is 5.83. The van der Waals surface area contributed by atoms with Gasteiger partial charge in [-0.15, -0.1) is 0 Å². The summed E-state index contributed by atoms with van der Waals surface area (Å²) >= 11 is 0. The Morgan fingerprint density at radius 1 is 1.31 bits per heavy atom. The van der Waals surface area contributed by atoms with Gasteiger partial charge in [0, 0.05) is 12.8 Å². The number of carbonyl (C=O) groups is 1. The molecular formula is C13H15FO2. The number of ether oxygens (including phenoxy) is 1. The van der Waals surface area contributed by atoms with Crippen molar-refractivity contribution in [2.24, 2.45) is 0 Å². The third-order valence-corrected chi connectivity index (χ3v) is 2.86. The Labute approximate surface area is 94.4 Å². The number of Topliss-reactive ketones (excluding diaryl/α,β-unsaturated/α-hetero) is 1. The Bertz CT molecular complexity index is 350. The fraction of sp³-hybridized carbons (Fsp3) is 0.462. The number of hydrogen-bond donors (Lipinski definition) is 0. The summed E-state index contributed by atoms with van der Waals surface area (Å²) in [6.07, 6.45) is -0.277. The van der Waals surface area contributed by atoms with Crippen molar-refractivity contribution in [1.29, 1.82) is 0 Å². The molecule has 1 saturated carbocycles. The first-order chi connectivity index (χ1) is 7.75. The zero-order chi connectivity index (χ0) is 11.4. The molecule has 3 heteroatoms. The summed E-state index contributed by atoms with van der Waals surface area (Å²) in [6.45, 7) is 0.492.